The molecule has 6 rings (SSSR count). The van der Waals surface area contributed by atoms with Crippen LogP contribution < -0.4 is 9.64 Å². The fraction of sp³-hybridized carbons (Fsp3) is 0.320. The first-order chi connectivity index (χ1) is 16.8. The molecule has 0 aliphatic carbocycles. The Morgan fingerprint density at radius 1 is 1.09 bits per heavy atom. The third-order valence-electron chi connectivity index (χ3n) is 6.80. The van der Waals surface area contributed by atoms with Crippen molar-refractivity contribution in [3.63, 3.8) is 0 Å². The zero-order chi connectivity index (χ0) is 24.3. The van der Waals surface area contributed by atoms with Crippen molar-refractivity contribution in [3.8, 4) is 17.0 Å². The summed E-state index contributed by atoms with van der Waals surface area (Å²) in [5.41, 5.74) is 2.98. The highest BCUT2D eigenvalue weighted by atomic mass is 35.5. The molecule has 1 atom stereocenters. The van der Waals surface area contributed by atoms with Gasteiger partial charge >= 0.3 is 0 Å². The molecule has 2 aliphatic rings. The Morgan fingerprint density at radius 3 is 2.51 bits per heavy atom. The van der Waals surface area contributed by atoms with Crippen LogP contribution in [0.4, 0.5) is 10.2 Å². The average molecular weight is 513 g/mol. The number of benzene rings is 1. The van der Waals surface area contributed by atoms with E-state index in [1.807, 2.05) is 30.0 Å². The molecule has 2 aliphatic heterocycles. The van der Waals surface area contributed by atoms with Crippen LogP contribution in [0.25, 0.3) is 22.2 Å². The molecule has 7 nitrogen and oxygen atoms in total. The average Bonchev–Trinajstić information content (AvgIpc) is 3.19. The summed E-state index contributed by atoms with van der Waals surface area (Å²) >= 11 is 12.6. The Balaban J connectivity index is 1.25. The van der Waals surface area contributed by atoms with E-state index < -0.39 is 6.10 Å². The molecule has 0 bridgehead atoms. The molecule has 0 amide bonds. The number of hydrogen-bond donors (Lipinski definition) is 1. The van der Waals surface area contributed by atoms with Gasteiger partial charge in [0.2, 0.25) is 0 Å². The number of aromatic nitrogens is 4. The molecule has 2 saturated heterocycles. The molecule has 180 valence electrons. The predicted octanol–water partition coefficient (Wildman–Crippen LogP) is 5.36. The van der Waals surface area contributed by atoms with Crippen LogP contribution in [0, 0.1) is 11.2 Å². The summed E-state index contributed by atoms with van der Waals surface area (Å²) in [4.78, 5) is 12.7. The van der Waals surface area contributed by atoms with Crippen molar-refractivity contribution in [3.05, 3.63) is 64.3 Å². The van der Waals surface area contributed by atoms with Crippen molar-refractivity contribution < 1.29 is 9.13 Å². The third kappa shape index (κ3) is 3.90. The summed E-state index contributed by atoms with van der Waals surface area (Å²) in [6.07, 6.45) is 4.35. The number of anilines is 1. The van der Waals surface area contributed by atoms with Crippen LogP contribution in [0.1, 0.15) is 18.6 Å². The van der Waals surface area contributed by atoms with Crippen LogP contribution in [0.15, 0.2) is 42.9 Å². The molecule has 1 aromatic carbocycles. The maximum absolute atomic E-state index is 15.1. The zero-order valence-electron chi connectivity index (χ0n) is 19.2. The van der Waals surface area contributed by atoms with E-state index in [4.69, 9.17) is 27.9 Å². The highest BCUT2D eigenvalue weighted by molar-refractivity contribution is 6.35. The second kappa shape index (κ2) is 8.33. The number of pyridine rings is 2. The standard InChI is InChI=1S/C25H23Cl2FN6O/c1-14(22-18(26)8-29-9-19(22)27)35-16-3-4-21-17(6-16)23(32-31-21)15-5-20(28)24(30-7-15)34-12-25(13-34)10-33(2)11-25/h3-9,14H,10-13H2,1-2H3,(H,31,32)/t14-/m1/s1. The van der Waals surface area contributed by atoms with Crippen molar-refractivity contribution in [1.82, 2.24) is 25.1 Å². The zero-order valence-corrected chi connectivity index (χ0v) is 20.7. The molecule has 0 unspecified atom stereocenters. The monoisotopic (exact) mass is 512 g/mol. The molecule has 3 aromatic heterocycles. The highest BCUT2D eigenvalue weighted by Crippen LogP contribution is 2.42. The summed E-state index contributed by atoms with van der Waals surface area (Å²) < 4.78 is 21.2. The van der Waals surface area contributed by atoms with E-state index in [9.17, 15) is 0 Å². The van der Waals surface area contributed by atoms with E-state index in [0.29, 0.717) is 43.8 Å². The Bertz CT molecular complexity index is 1410. The van der Waals surface area contributed by atoms with Crippen molar-refractivity contribution in [1.29, 1.82) is 0 Å². The minimum Gasteiger partial charge on any atom is -0.486 e. The Morgan fingerprint density at radius 2 is 1.83 bits per heavy atom. The third-order valence-corrected chi connectivity index (χ3v) is 7.40. The molecule has 1 spiro atoms. The fourth-order valence-electron chi connectivity index (χ4n) is 5.36. The normalized spacial score (nSPS) is 17.9. The number of H-pyrrole nitrogens is 1. The number of nitrogens with one attached hydrogen (secondary N) is 1. The van der Waals surface area contributed by atoms with E-state index in [1.165, 1.54) is 18.5 Å². The first-order valence-electron chi connectivity index (χ1n) is 11.3. The van der Waals surface area contributed by atoms with Gasteiger partial charge in [0.25, 0.3) is 0 Å². The summed E-state index contributed by atoms with van der Waals surface area (Å²) in [5, 5.41) is 9.10. The smallest absolute Gasteiger partial charge is 0.166 e. The van der Waals surface area contributed by atoms with Crippen molar-refractivity contribution in [2.75, 3.05) is 38.1 Å². The van der Waals surface area contributed by atoms with Gasteiger partial charge in [-0.3, -0.25) is 10.1 Å². The number of aromatic amines is 1. The Hall–Kier alpha value is -2.94. The number of likely N-dealkylation sites (tertiary alicyclic amines) is 1. The summed E-state index contributed by atoms with van der Waals surface area (Å²) in [6.45, 7) is 5.68. The minimum absolute atomic E-state index is 0.304. The van der Waals surface area contributed by atoms with Crippen LogP contribution in [-0.4, -0.2) is 58.3 Å². The van der Waals surface area contributed by atoms with E-state index in [2.05, 4.69) is 32.1 Å². The first kappa shape index (κ1) is 22.5. The van der Waals surface area contributed by atoms with Gasteiger partial charge in [0.05, 0.1) is 15.6 Å². The van der Waals surface area contributed by atoms with Crippen LogP contribution in [0.2, 0.25) is 10.0 Å². The summed E-state index contributed by atoms with van der Waals surface area (Å²) in [7, 11) is 2.11. The van der Waals surface area contributed by atoms with Gasteiger partial charge in [0.1, 0.15) is 17.5 Å². The molecule has 35 heavy (non-hydrogen) atoms. The molecule has 4 aromatic rings. The van der Waals surface area contributed by atoms with E-state index >= 15 is 4.39 Å². The molecule has 5 heterocycles. The lowest BCUT2D eigenvalue weighted by Gasteiger charge is -2.59. The number of fused-ring (bicyclic) bond motifs is 1. The molecule has 10 heteroatoms. The topological polar surface area (TPSA) is 70.2 Å². The predicted molar refractivity (Wildman–Crippen MR) is 135 cm³/mol. The van der Waals surface area contributed by atoms with Gasteiger partial charge in [-0.15, -0.1) is 0 Å². The SMILES string of the molecule is C[C@@H](Oc1ccc2[nH]nc(-c3cnc(N4CC5(CN(C)C5)C4)c(F)c3)c2c1)c1c(Cl)cncc1Cl. The lowest BCUT2D eigenvalue weighted by atomic mass is 9.73. The van der Waals surface area contributed by atoms with Crippen LogP contribution in [0.3, 0.4) is 0 Å². The first-order valence-corrected chi connectivity index (χ1v) is 12.1. The van der Waals surface area contributed by atoms with Crippen molar-refractivity contribution in [2.24, 2.45) is 5.41 Å². The number of halogens is 3. The van der Waals surface area contributed by atoms with Gasteiger partial charge in [-0.2, -0.15) is 5.10 Å². The van der Waals surface area contributed by atoms with Crippen molar-refractivity contribution >= 4 is 39.9 Å². The van der Waals surface area contributed by atoms with Gasteiger partial charge in [-0.1, -0.05) is 23.2 Å². The van der Waals surface area contributed by atoms with E-state index in [1.54, 1.807) is 6.20 Å². The number of nitrogens with zero attached hydrogens (tertiary/aromatic N) is 5. The van der Waals surface area contributed by atoms with Gasteiger partial charge in [-0.25, -0.2) is 9.37 Å². The number of hydrogen-bond acceptors (Lipinski definition) is 6. The van der Waals surface area contributed by atoms with Gasteiger partial charge < -0.3 is 14.5 Å². The Labute approximate surface area is 211 Å². The van der Waals surface area contributed by atoms with Gasteiger partial charge in [0, 0.05) is 66.7 Å². The van der Waals surface area contributed by atoms with Crippen LogP contribution in [-0.2, 0) is 0 Å². The fourth-order valence-corrected chi connectivity index (χ4v) is 6.04. The maximum atomic E-state index is 15.1. The number of ether oxygens (including phenoxy) is 1. The Kier molecular flexibility index (Phi) is 5.36. The molecular formula is C25H23Cl2FN6O. The van der Waals surface area contributed by atoms with E-state index in [0.717, 1.165) is 37.1 Å². The second-order valence-electron chi connectivity index (χ2n) is 9.61. The van der Waals surface area contributed by atoms with Crippen LogP contribution in [0.5, 0.6) is 5.75 Å². The largest absolute Gasteiger partial charge is 0.486 e. The minimum atomic E-state index is -0.403. The molecular weight excluding hydrogens is 490 g/mol. The molecule has 2 fully saturated rings. The van der Waals surface area contributed by atoms with Crippen molar-refractivity contribution in [2.45, 2.75) is 13.0 Å². The number of rotatable bonds is 5. The lowest BCUT2D eigenvalue weighted by molar-refractivity contribution is -0.00313. The molecule has 0 saturated carbocycles. The quantitative estimate of drug-likeness (QED) is 0.388. The van der Waals surface area contributed by atoms with Crippen LogP contribution >= 0.6 is 23.2 Å². The summed E-state index contributed by atoms with van der Waals surface area (Å²) in [6, 6.07) is 7.08. The van der Waals surface area contributed by atoms with Gasteiger partial charge in [0.15, 0.2) is 11.6 Å². The second-order valence-corrected chi connectivity index (χ2v) is 10.4. The van der Waals surface area contributed by atoms with Gasteiger partial charge in [-0.05, 0) is 38.2 Å². The lowest BCUT2D eigenvalue weighted by Crippen LogP contribution is -2.71. The molecule has 1 N–H and O–H groups in total. The van der Waals surface area contributed by atoms with E-state index in [-0.39, 0.29) is 5.82 Å². The maximum Gasteiger partial charge on any atom is 0.166 e. The highest BCUT2D eigenvalue weighted by Gasteiger charge is 2.51. The molecule has 0 radical (unpaired) electrons. The summed E-state index contributed by atoms with van der Waals surface area (Å²) in [5.74, 6) is 0.667.